The molecule has 5 heteroatoms. The molecule has 0 saturated carbocycles. The number of allylic oxidation sites excluding steroid dienone is 3. The van der Waals surface area contributed by atoms with Gasteiger partial charge in [-0.15, -0.1) is 11.3 Å². The van der Waals surface area contributed by atoms with E-state index in [2.05, 4.69) is 204 Å². The van der Waals surface area contributed by atoms with Crippen LogP contribution >= 0.6 is 11.3 Å². The third-order valence-corrected chi connectivity index (χ3v) is 12.8. The molecule has 11 rings (SSSR count). The number of anilines is 2. The standard InChI is InChI=1S/C54H40N4S/c55-54(37-18-5-2-6-19-37)56-51(33-30-36-16-3-1-4-17-36)58-47-27-12-8-24-44(47)52-43-23-7-11-26-46(43)57(53(52)45-25-9-13-28-48(45)58)40-21-15-20-38(34-40)39-31-32-42-41-22-10-14-29-49(41)59-50(42)35-39/h1,3-5,7-29,31-35H,2,6,30H2,(H2,55,56)/b51-33+. The van der Waals surface area contributed by atoms with Gasteiger partial charge in [0, 0.05) is 53.5 Å². The maximum atomic E-state index is 6.91. The molecule has 2 aliphatic rings. The summed E-state index contributed by atoms with van der Waals surface area (Å²) in [5.74, 6) is 1.29. The molecule has 0 atom stereocenters. The lowest BCUT2D eigenvalue weighted by Crippen LogP contribution is -2.21. The lowest BCUT2D eigenvalue weighted by atomic mass is 9.98. The Bertz CT molecular complexity index is 3210. The van der Waals surface area contributed by atoms with Gasteiger partial charge in [-0.25, -0.2) is 4.99 Å². The number of hydrogen-bond acceptors (Lipinski definition) is 3. The minimum Gasteiger partial charge on any atom is -0.383 e. The molecule has 2 aromatic heterocycles. The average Bonchev–Trinajstić information content (AvgIpc) is 3.81. The fourth-order valence-corrected chi connectivity index (χ4v) is 10.0. The average molecular weight is 777 g/mol. The Morgan fingerprint density at radius 3 is 2.19 bits per heavy atom. The molecule has 1 aliphatic carbocycles. The molecule has 59 heavy (non-hydrogen) atoms. The number of nitrogens with zero attached hydrogens (tertiary/aromatic N) is 3. The zero-order valence-corrected chi connectivity index (χ0v) is 33.2. The number of hydrogen-bond donors (Lipinski definition) is 1. The third-order valence-electron chi connectivity index (χ3n) is 11.6. The van der Waals surface area contributed by atoms with Crippen molar-refractivity contribution in [3.05, 3.63) is 211 Å². The van der Waals surface area contributed by atoms with Gasteiger partial charge in [-0.05, 0) is 84.5 Å². The Balaban J connectivity index is 1.13. The van der Waals surface area contributed by atoms with E-state index in [0.717, 1.165) is 63.6 Å². The molecule has 0 spiro atoms. The highest BCUT2D eigenvalue weighted by atomic mass is 32.1. The molecule has 0 bridgehead atoms. The van der Waals surface area contributed by atoms with E-state index in [1.165, 1.54) is 47.8 Å². The van der Waals surface area contributed by atoms with Crippen molar-refractivity contribution in [1.29, 1.82) is 0 Å². The quantitative estimate of drug-likeness (QED) is 0.129. The Labute approximate surface area is 347 Å². The van der Waals surface area contributed by atoms with E-state index >= 15 is 0 Å². The minimum atomic E-state index is 0.512. The summed E-state index contributed by atoms with van der Waals surface area (Å²) in [5.41, 5.74) is 20.4. The summed E-state index contributed by atoms with van der Waals surface area (Å²) < 4.78 is 5.08. The van der Waals surface area contributed by atoms with Gasteiger partial charge in [-0.2, -0.15) is 0 Å². The minimum absolute atomic E-state index is 0.512. The summed E-state index contributed by atoms with van der Waals surface area (Å²) in [6, 6.07) is 61.5. The molecule has 3 heterocycles. The van der Waals surface area contributed by atoms with Crippen LogP contribution in [-0.4, -0.2) is 10.4 Å². The predicted octanol–water partition coefficient (Wildman–Crippen LogP) is 14.2. The SMILES string of the molecule is N/C(=N\C(=C/Cc1ccccc1)N1c2ccccc2-c2c(n(-c3cccc(-c4ccc5c(c4)sc4ccccc45)c3)c3ccccc23)-c2ccccc21)C1=CCCC=C1. The predicted molar refractivity (Wildman–Crippen MR) is 251 cm³/mol. The van der Waals surface area contributed by atoms with Crippen molar-refractivity contribution in [2.45, 2.75) is 19.3 Å². The number of thiophene rings is 1. The van der Waals surface area contributed by atoms with E-state index in [4.69, 9.17) is 10.7 Å². The number of rotatable bonds is 7. The summed E-state index contributed by atoms with van der Waals surface area (Å²) in [6.07, 6.45) is 11.4. The number of benzene rings is 7. The zero-order chi connectivity index (χ0) is 39.3. The highest BCUT2D eigenvalue weighted by Crippen LogP contribution is 2.53. The number of aromatic nitrogens is 1. The Kier molecular flexibility index (Phi) is 8.67. The second-order valence-electron chi connectivity index (χ2n) is 15.2. The van der Waals surface area contributed by atoms with E-state index in [-0.39, 0.29) is 0 Å². The molecule has 0 radical (unpaired) electrons. The van der Waals surface area contributed by atoms with Crippen molar-refractivity contribution in [2.75, 3.05) is 4.90 Å². The van der Waals surface area contributed by atoms with Gasteiger partial charge >= 0.3 is 0 Å². The van der Waals surface area contributed by atoms with Crippen LogP contribution in [0.2, 0.25) is 0 Å². The number of aliphatic imine (C=N–C) groups is 1. The Morgan fingerprint density at radius 2 is 1.34 bits per heavy atom. The van der Waals surface area contributed by atoms with Crippen molar-refractivity contribution >= 4 is 59.6 Å². The van der Waals surface area contributed by atoms with Gasteiger partial charge in [0.15, 0.2) is 0 Å². The van der Waals surface area contributed by atoms with E-state index in [9.17, 15) is 0 Å². The van der Waals surface area contributed by atoms with Gasteiger partial charge in [-0.3, -0.25) is 4.90 Å². The molecule has 4 nitrogen and oxygen atoms in total. The van der Waals surface area contributed by atoms with Crippen LogP contribution in [0.25, 0.3) is 70.3 Å². The van der Waals surface area contributed by atoms with Crippen LogP contribution in [0, 0.1) is 0 Å². The fraction of sp³-hybridized carbons (Fsp3) is 0.0556. The molecule has 282 valence electrons. The molecule has 0 unspecified atom stereocenters. The number of amidine groups is 1. The third kappa shape index (κ3) is 6.10. The first-order valence-electron chi connectivity index (χ1n) is 20.3. The van der Waals surface area contributed by atoms with Gasteiger partial charge in [0.2, 0.25) is 0 Å². The van der Waals surface area contributed by atoms with E-state index in [1.807, 2.05) is 11.3 Å². The highest BCUT2D eigenvalue weighted by Gasteiger charge is 2.32. The van der Waals surface area contributed by atoms with Gasteiger partial charge in [0.05, 0.1) is 22.6 Å². The molecule has 2 N–H and O–H groups in total. The second-order valence-corrected chi connectivity index (χ2v) is 16.3. The van der Waals surface area contributed by atoms with Crippen LogP contribution in [-0.2, 0) is 6.42 Å². The van der Waals surface area contributed by atoms with E-state index in [1.54, 1.807) is 0 Å². The summed E-state index contributed by atoms with van der Waals surface area (Å²) in [7, 11) is 0. The van der Waals surface area contributed by atoms with Gasteiger partial charge in [0.25, 0.3) is 0 Å². The summed E-state index contributed by atoms with van der Waals surface area (Å²) >= 11 is 1.86. The number of fused-ring (bicyclic) bond motifs is 10. The van der Waals surface area contributed by atoms with Crippen LogP contribution in [0.15, 0.2) is 211 Å². The Morgan fingerprint density at radius 1 is 0.627 bits per heavy atom. The molecule has 9 aromatic rings. The zero-order valence-electron chi connectivity index (χ0n) is 32.4. The largest absolute Gasteiger partial charge is 0.383 e. The van der Waals surface area contributed by atoms with Gasteiger partial charge < -0.3 is 10.3 Å². The monoisotopic (exact) mass is 776 g/mol. The first-order valence-corrected chi connectivity index (χ1v) is 21.1. The molecule has 0 fully saturated rings. The van der Waals surface area contributed by atoms with Crippen molar-refractivity contribution in [1.82, 2.24) is 4.57 Å². The molecular weight excluding hydrogens is 737 g/mol. The molecule has 0 amide bonds. The smallest absolute Gasteiger partial charge is 0.136 e. The van der Waals surface area contributed by atoms with Crippen LogP contribution < -0.4 is 10.6 Å². The van der Waals surface area contributed by atoms with Crippen molar-refractivity contribution in [3.63, 3.8) is 0 Å². The topological polar surface area (TPSA) is 46.5 Å². The maximum Gasteiger partial charge on any atom is 0.136 e. The van der Waals surface area contributed by atoms with Gasteiger partial charge in [-0.1, -0.05) is 146 Å². The van der Waals surface area contributed by atoms with Crippen LogP contribution in [0.1, 0.15) is 18.4 Å². The summed E-state index contributed by atoms with van der Waals surface area (Å²) in [6.45, 7) is 0. The summed E-state index contributed by atoms with van der Waals surface area (Å²) in [5, 5.41) is 3.82. The first kappa shape index (κ1) is 35.0. The van der Waals surface area contributed by atoms with Crippen molar-refractivity contribution in [2.24, 2.45) is 10.7 Å². The maximum absolute atomic E-state index is 6.91. The number of nitrogens with two attached hydrogens (primary N) is 1. The molecule has 1 aliphatic heterocycles. The van der Waals surface area contributed by atoms with Crippen LogP contribution in [0.4, 0.5) is 11.4 Å². The van der Waals surface area contributed by atoms with Crippen molar-refractivity contribution in [3.8, 4) is 39.2 Å². The first-order chi connectivity index (χ1) is 29.2. The van der Waals surface area contributed by atoms with Gasteiger partial charge in [0.1, 0.15) is 11.7 Å². The van der Waals surface area contributed by atoms with E-state index < -0.39 is 0 Å². The fourth-order valence-electron chi connectivity index (χ4n) is 8.89. The molecular formula is C54H40N4S. The van der Waals surface area contributed by atoms with Crippen LogP contribution in [0.3, 0.4) is 0 Å². The molecule has 7 aromatic carbocycles. The van der Waals surface area contributed by atoms with E-state index in [0.29, 0.717) is 12.3 Å². The highest BCUT2D eigenvalue weighted by molar-refractivity contribution is 7.25. The van der Waals surface area contributed by atoms with Crippen molar-refractivity contribution < 1.29 is 0 Å². The summed E-state index contributed by atoms with van der Waals surface area (Å²) in [4.78, 5) is 7.63. The lowest BCUT2D eigenvalue weighted by Gasteiger charge is -2.28. The van der Waals surface area contributed by atoms with Crippen LogP contribution in [0.5, 0.6) is 0 Å². The second kappa shape index (κ2) is 14.6. The number of para-hydroxylation sites is 3. The lowest BCUT2D eigenvalue weighted by molar-refractivity contribution is 1.02. The Hall–Kier alpha value is -7.21. The normalized spacial score (nSPS) is 14.0. The molecule has 0 saturated heterocycles.